The third-order valence-corrected chi connectivity index (χ3v) is 5.15. The monoisotopic (exact) mass is 323 g/mol. The number of aromatic nitrogens is 1. The maximum Gasteiger partial charge on any atom is 0.321 e. The number of thioether (sulfide) groups is 1. The van der Waals surface area contributed by atoms with Crippen LogP contribution in [0.5, 0.6) is 0 Å². The van der Waals surface area contributed by atoms with Crippen LogP contribution in [0.2, 0.25) is 0 Å². The summed E-state index contributed by atoms with van der Waals surface area (Å²) in [5.74, 6) is 0.624. The van der Waals surface area contributed by atoms with Crippen molar-refractivity contribution < 1.29 is 9.18 Å². The van der Waals surface area contributed by atoms with Crippen LogP contribution in [0, 0.1) is 12.7 Å². The van der Waals surface area contributed by atoms with Crippen molar-refractivity contribution in [2.45, 2.75) is 24.3 Å². The molecular weight excluding hydrogens is 309 g/mol. The summed E-state index contributed by atoms with van der Waals surface area (Å²) in [6.45, 7) is 1.87. The number of carbonyl (C=O) groups is 1. The molecule has 0 bridgehead atoms. The zero-order valence-electron chi connectivity index (χ0n) is 11.4. The molecule has 2 N–H and O–H groups in total. The molecule has 1 unspecified atom stereocenters. The van der Waals surface area contributed by atoms with Gasteiger partial charge in [-0.15, -0.1) is 23.1 Å². The molecular formula is C14H14FN3OS2. The van der Waals surface area contributed by atoms with Crippen LogP contribution in [0.25, 0.3) is 0 Å². The van der Waals surface area contributed by atoms with Gasteiger partial charge in [-0.25, -0.2) is 14.2 Å². The number of carbonyl (C=O) groups excluding carboxylic acids is 1. The van der Waals surface area contributed by atoms with Crippen molar-refractivity contribution in [2.24, 2.45) is 0 Å². The second kappa shape index (κ2) is 6.03. The summed E-state index contributed by atoms with van der Waals surface area (Å²) in [6.07, 6.45) is 0.783. The number of halogens is 1. The van der Waals surface area contributed by atoms with Crippen LogP contribution in [0.15, 0.2) is 28.5 Å². The normalized spacial score (nSPS) is 17.1. The minimum atomic E-state index is -0.309. The van der Waals surface area contributed by atoms with Gasteiger partial charge < -0.3 is 5.32 Å². The van der Waals surface area contributed by atoms with Gasteiger partial charge in [0.25, 0.3) is 0 Å². The molecule has 2 heterocycles. The van der Waals surface area contributed by atoms with E-state index in [1.165, 1.54) is 23.5 Å². The number of benzene rings is 1. The predicted molar refractivity (Wildman–Crippen MR) is 83.5 cm³/mol. The second-order valence-corrected chi connectivity index (χ2v) is 6.76. The van der Waals surface area contributed by atoms with Crippen LogP contribution in [0.4, 0.5) is 14.3 Å². The van der Waals surface area contributed by atoms with Crippen molar-refractivity contribution in [1.82, 2.24) is 10.3 Å². The Morgan fingerprint density at radius 3 is 3.10 bits per heavy atom. The van der Waals surface area contributed by atoms with Gasteiger partial charge in [0.05, 0.1) is 11.7 Å². The number of aryl methyl sites for hydroxylation is 1. The van der Waals surface area contributed by atoms with Gasteiger partial charge in [0.15, 0.2) is 5.13 Å². The maximum absolute atomic E-state index is 13.4. The molecule has 0 spiro atoms. The Morgan fingerprint density at radius 1 is 1.48 bits per heavy atom. The number of hydrogen-bond acceptors (Lipinski definition) is 4. The Kier molecular flexibility index (Phi) is 4.12. The van der Waals surface area contributed by atoms with Gasteiger partial charge >= 0.3 is 6.03 Å². The maximum atomic E-state index is 13.4. The molecule has 0 saturated heterocycles. The first-order valence-corrected chi connectivity index (χ1v) is 8.40. The quantitative estimate of drug-likeness (QED) is 0.880. The highest BCUT2D eigenvalue weighted by Gasteiger charge is 2.23. The molecule has 1 aromatic heterocycles. The molecule has 1 aromatic carbocycles. The third kappa shape index (κ3) is 3.36. The van der Waals surface area contributed by atoms with Gasteiger partial charge in [-0.1, -0.05) is 0 Å². The molecule has 1 atom stereocenters. The Balaban J connectivity index is 1.71. The van der Waals surface area contributed by atoms with Crippen LogP contribution < -0.4 is 10.6 Å². The summed E-state index contributed by atoms with van der Waals surface area (Å²) in [7, 11) is 0. The first-order chi connectivity index (χ1) is 10.1. The number of urea groups is 1. The van der Waals surface area contributed by atoms with E-state index in [0.29, 0.717) is 5.13 Å². The molecule has 3 rings (SSSR count). The van der Waals surface area contributed by atoms with Crippen LogP contribution >= 0.6 is 23.1 Å². The molecule has 1 aliphatic rings. The molecule has 0 fully saturated rings. The summed E-state index contributed by atoms with van der Waals surface area (Å²) in [6, 6.07) is 4.24. The first-order valence-electron chi connectivity index (χ1n) is 6.54. The fourth-order valence-corrected chi connectivity index (χ4v) is 4.01. The molecule has 110 valence electrons. The van der Waals surface area contributed by atoms with Crippen molar-refractivity contribution in [1.29, 1.82) is 0 Å². The number of hydrogen-bond donors (Lipinski definition) is 2. The summed E-state index contributed by atoms with van der Waals surface area (Å²) in [5.41, 5.74) is 1.72. The van der Waals surface area contributed by atoms with Crippen molar-refractivity contribution in [3.8, 4) is 0 Å². The average Bonchev–Trinajstić information content (AvgIpc) is 2.84. The van der Waals surface area contributed by atoms with E-state index in [2.05, 4.69) is 15.6 Å². The molecule has 7 heteroatoms. The van der Waals surface area contributed by atoms with E-state index in [4.69, 9.17) is 0 Å². The van der Waals surface area contributed by atoms with Gasteiger partial charge in [-0.2, -0.15) is 0 Å². The zero-order chi connectivity index (χ0) is 14.8. The highest BCUT2D eigenvalue weighted by Crippen LogP contribution is 2.36. The molecule has 0 aliphatic carbocycles. The fraction of sp³-hybridized carbons (Fsp3) is 0.286. The lowest BCUT2D eigenvalue weighted by Gasteiger charge is -2.25. The Bertz CT molecular complexity index is 674. The molecule has 1 aliphatic heterocycles. The number of amides is 2. The third-order valence-electron chi connectivity index (χ3n) is 3.16. The van der Waals surface area contributed by atoms with Gasteiger partial charge in [0.1, 0.15) is 5.82 Å². The minimum absolute atomic E-state index is 0.169. The summed E-state index contributed by atoms with van der Waals surface area (Å²) < 4.78 is 13.4. The fourth-order valence-electron chi connectivity index (χ4n) is 2.22. The molecule has 0 radical (unpaired) electrons. The molecule has 21 heavy (non-hydrogen) atoms. The highest BCUT2D eigenvalue weighted by molar-refractivity contribution is 7.99. The van der Waals surface area contributed by atoms with Crippen molar-refractivity contribution in [2.75, 3.05) is 11.1 Å². The SMILES string of the molecule is Cc1csc(NC(=O)NC2CCSc3ccc(F)cc32)n1. The molecule has 2 amide bonds. The molecule has 2 aromatic rings. The summed E-state index contributed by atoms with van der Waals surface area (Å²) in [5, 5.41) is 8.05. The van der Waals surface area contributed by atoms with Crippen LogP contribution in [-0.4, -0.2) is 16.8 Å². The number of rotatable bonds is 2. The molecule has 4 nitrogen and oxygen atoms in total. The lowest BCUT2D eigenvalue weighted by atomic mass is 10.0. The lowest BCUT2D eigenvalue weighted by Crippen LogP contribution is -2.34. The standard InChI is InChI=1S/C14H14FN3OS2/c1-8-7-21-14(16-8)18-13(19)17-11-4-5-20-12-3-2-9(15)6-10(11)12/h2-3,6-7,11H,4-5H2,1H3,(H2,16,17,18,19). The summed E-state index contributed by atoms with van der Waals surface area (Å²) in [4.78, 5) is 17.2. The number of thiazole rings is 1. The van der Waals surface area contributed by atoms with Crippen molar-refractivity contribution in [3.63, 3.8) is 0 Å². The van der Waals surface area contributed by atoms with Gasteiger partial charge in [-0.3, -0.25) is 5.32 Å². The zero-order valence-corrected chi connectivity index (χ0v) is 13.0. The van der Waals surface area contributed by atoms with Gasteiger partial charge in [0, 0.05) is 16.0 Å². The number of anilines is 1. The van der Waals surface area contributed by atoms with E-state index in [-0.39, 0.29) is 17.9 Å². The van der Waals surface area contributed by atoms with E-state index < -0.39 is 0 Å². The van der Waals surface area contributed by atoms with Crippen molar-refractivity contribution >= 4 is 34.3 Å². The smallest absolute Gasteiger partial charge is 0.321 e. The van der Waals surface area contributed by atoms with Crippen LogP contribution in [0.1, 0.15) is 23.7 Å². The lowest BCUT2D eigenvalue weighted by molar-refractivity contribution is 0.248. The van der Waals surface area contributed by atoms with Crippen LogP contribution in [0.3, 0.4) is 0 Å². The second-order valence-electron chi connectivity index (χ2n) is 4.76. The number of nitrogens with zero attached hydrogens (tertiary/aromatic N) is 1. The summed E-state index contributed by atoms with van der Waals surface area (Å²) >= 11 is 3.07. The van der Waals surface area contributed by atoms with Crippen molar-refractivity contribution in [3.05, 3.63) is 40.7 Å². The highest BCUT2D eigenvalue weighted by atomic mass is 32.2. The molecule has 0 saturated carbocycles. The largest absolute Gasteiger partial charge is 0.331 e. The van der Waals surface area contributed by atoms with E-state index in [9.17, 15) is 9.18 Å². The van der Waals surface area contributed by atoms with E-state index in [1.54, 1.807) is 17.8 Å². The average molecular weight is 323 g/mol. The Hall–Kier alpha value is -1.60. The predicted octanol–water partition coefficient (Wildman–Crippen LogP) is 3.95. The van der Waals surface area contributed by atoms with Gasteiger partial charge in [-0.05, 0) is 37.1 Å². The minimum Gasteiger partial charge on any atom is -0.331 e. The van der Waals surface area contributed by atoms with E-state index in [0.717, 1.165) is 28.3 Å². The van der Waals surface area contributed by atoms with Gasteiger partial charge in [0.2, 0.25) is 0 Å². The van der Waals surface area contributed by atoms with Crippen LogP contribution in [-0.2, 0) is 0 Å². The number of nitrogens with one attached hydrogen (secondary N) is 2. The first kappa shape index (κ1) is 14.3. The number of fused-ring (bicyclic) bond motifs is 1. The van der Waals surface area contributed by atoms with E-state index >= 15 is 0 Å². The van der Waals surface area contributed by atoms with E-state index in [1.807, 2.05) is 12.3 Å². The topological polar surface area (TPSA) is 54.0 Å². The Morgan fingerprint density at radius 2 is 2.33 bits per heavy atom. The Labute approximate surface area is 130 Å².